The van der Waals surface area contributed by atoms with Crippen LogP contribution < -0.4 is 11.5 Å². The number of anilines is 1. The van der Waals surface area contributed by atoms with Crippen molar-refractivity contribution in [1.29, 1.82) is 5.41 Å². The van der Waals surface area contributed by atoms with Crippen molar-refractivity contribution in [3.63, 3.8) is 0 Å². The second-order valence-corrected chi connectivity index (χ2v) is 8.11. The lowest BCUT2D eigenvalue weighted by Gasteiger charge is -2.31. The van der Waals surface area contributed by atoms with Crippen LogP contribution in [0.3, 0.4) is 0 Å². The molecule has 1 atom stereocenters. The number of benzene rings is 1. The molecule has 0 spiro atoms. The van der Waals surface area contributed by atoms with E-state index in [0.29, 0.717) is 29.2 Å². The minimum Gasteiger partial charge on any atom is -0.481 e. The Balaban J connectivity index is 1.66. The molecule has 1 aromatic rings. The first-order valence-electron chi connectivity index (χ1n) is 8.74. The van der Waals surface area contributed by atoms with Crippen molar-refractivity contribution in [2.45, 2.75) is 32.1 Å². The summed E-state index contributed by atoms with van der Waals surface area (Å²) in [5.41, 5.74) is 15.0. The Bertz CT molecular complexity index is 691. The van der Waals surface area contributed by atoms with Gasteiger partial charge in [-0.05, 0) is 49.7 Å². The van der Waals surface area contributed by atoms with Crippen LogP contribution in [-0.2, 0) is 4.79 Å². The Labute approximate surface area is 152 Å². The topological polar surface area (TPSA) is 113 Å². The van der Waals surface area contributed by atoms with Gasteiger partial charge in [0.2, 0.25) is 0 Å². The predicted molar refractivity (Wildman–Crippen MR) is 103 cm³/mol. The molecule has 1 aromatic carbocycles. The molecule has 6 N–H and O–H groups in total. The van der Waals surface area contributed by atoms with Crippen molar-refractivity contribution in [3.8, 4) is 0 Å². The van der Waals surface area contributed by atoms with E-state index in [1.54, 1.807) is 23.9 Å². The summed E-state index contributed by atoms with van der Waals surface area (Å²) in [6.45, 7) is 0. The summed E-state index contributed by atoms with van der Waals surface area (Å²) in [4.78, 5) is 11.8. The molecule has 0 saturated heterocycles. The second-order valence-electron chi connectivity index (χ2n) is 7.08. The van der Waals surface area contributed by atoms with E-state index in [1.165, 1.54) is 0 Å². The quantitative estimate of drug-likeness (QED) is 0.475. The number of nitrogens with two attached hydrogens (primary N) is 2. The van der Waals surface area contributed by atoms with Crippen LogP contribution in [0.25, 0.3) is 0 Å². The summed E-state index contributed by atoms with van der Waals surface area (Å²) >= 11 is 1.68. The van der Waals surface area contributed by atoms with Crippen molar-refractivity contribution in [2.75, 3.05) is 11.5 Å². The molecule has 0 amide bonds. The molecule has 25 heavy (non-hydrogen) atoms. The van der Waals surface area contributed by atoms with Gasteiger partial charge in [-0.2, -0.15) is 0 Å². The van der Waals surface area contributed by atoms with E-state index in [-0.39, 0.29) is 6.42 Å². The second kappa shape index (κ2) is 7.52. The number of hydrogen-bond donors (Lipinski definition) is 4. The van der Waals surface area contributed by atoms with Crippen LogP contribution in [0.5, 0.6) is 0 Å². The number of carboxylic acids is 1. The van der Waals surface area contributed by atoms with Crippen LogP contribution in [0, 0.1) is 23.2 Å². The van der Waals surface area contributed by atoms with Crippen LogP contribution in [-0.4, -0.2) is 22.5 Å². The Morgan fingerprint density at radius 1 is 1.16 bits per heavy atom. The average Bonchev–Trinajstić information content (AvgIpc) is 2.97. The van der Waals surface area contributed by atoms with Gasteiger partial charge in [0.25, 0.3) is 0 Å². The van der Waals surface area contributed by atoms with Gasteiger partial charge in [0, 0.05) is 35.0 Å². The Hall–Kier alpha value is -1.95. The minimum absolute atomic E-state index is 0.282. The third kappa shape index (κ3) is 4.00. The van der Waals surface area contributed by atoms with E-state index in [9.17, 15) is 4.79 Å². The SMILES string of the molecule is N=C(C1=C(N)C(C2CCC(CC(=O)O)CC2)CS1)c1ccc(N)cc1. The lowest BCUT2D eigenvalue weighted by atomic mass is 9.74. The molecule has 0 aromatic heterocycles. The molecular weight excluding hydrogens is 334 g/mol. The van der Waals surface area contributed by atoms with E-state index >= 15 is 0 Å². The zero-order chi connectivity index (χ0) is 18.0. The monoisotopic (exact) mass is 359 g/mol. The summed E-state index contributed by atoms with van der Waals surface area (Å²) in [7, 11) is 0. The minimum atomic E-state index is -0.696. The summed E-state index contributed by atoms with van der Waals surface area (Å²) < 4.78 is 0. The number of nitrogens with one attached hydrogen (secondary N) is 1. The van der Waals surface area contributed by atoms with Crippen molar-refractivity contribution in [2.24, 2.45) is 23.5 Å². The highest BCUT2D eigenvalue weighted by Crippen LogP contribution is 2.44. The van der Waals surface area contributed by atoms with Crippen molar-refractivity contribution in [1.82, 2.24) is 0 Å². The number of allylic oxidation sites excluding steroid dienone is 2. The fraction of sp³-hybridized carbons (Fsp3) is 0.474. The number of hydrogen-bond acceptors (Lipinski definition) is 5. The molecule has 1 aliphatic carbocycles. The molecule has 6 heteroatoms. The molecule has 3 rings (SSSR count). The van der Waals surface area contributed by atoms with Gasteiger partial charge < -0.3 is 16.6 Å². The summed E-state index contributed by atoms with van der Waals surface area (Å²) in [6.07, 6.45) is 4.29. The largest absolute Gasteiger partial charge is 0.481 e. The van der Waals surface area contributed by atoms with Gasteiger partial charge in [-0.1, -0.05) is 12.1 Å². The number of carboxylic acid groups (broad SMARTS) is 1. The molecule has 5 nitrogen and oxygen atoms in total. The van der Waals surface area contributed by atoms with Crippen molar-refractivity contribution < 1.29 is 9.90 Å². The highest BCUT2D eigenvalue weighted by atomic mass is 32.2. The molecule has 0 bridgehead atoms. The van der Waals surface area contributed by atoms with Gasteiger partial charge in [0.15, 0.2) is 0 Å². The number of aliphatic carboxylic acids is 1. The predicted octanol–water partition coefficient (Wildman–Crippen LogP) is 3.45. The average molecular weight is 359 g/mol. The number of carbonyl (C=O) groups is 1. The maximum atomic E-state index is 10.9. The maximum Gasteiger partial charge on any atom is 0.303 e. The van der Waals surface area contributed by atoms with Crippen molar-refractivity contribution >= 4 is 29.1 Å². The summed E-state index contributed by atoms with van der Waals surface area (Å²) in [5, 5.41) is 17.4. The Kier molecular flexibility index (Phi) is 5.37. The van der Waals surface area contributed by atoms with Gasteiger partial charge in [-0.3, -0.25) is 10.2 Å². The molecule has 1 heterocycles. The fourth-order valence-corrected chi connectivity index (χ4v) is 5.32. The first kappa shape index (κ1) is 17.9. The fourth-order valence-electron chi connectivity index (χ4n) is 3.94. The van der Waals surface area contributed by atoms with E-state index in [1.807, 2.05) is 12.1 Å². The number of nitrogen functional groups attached to an aromatic ring is 1. The molecule has 1 unspecified atom stereocenters. The maximum absolute atomic E-state index is 10.9. The van der Waals surface area contributed by atoms with Crippen LogP contribution in [0.4, 0.5) is 5.69 Å². The third-order valence-electron chi connectivity index (χ3n) is 5.42. The van der Waals surface area contributed by atoms with Gasteiger partial charge in [-0.15, -0.1) is 11.8 Å². The highest BCUT2D eigenvalue weighted by Gasteiger charge is 2.35. The molecular formula is C19H25N3O2S. The summed E-state index contributed by atoms with van der Waals surface area (Å²) in [6, 6.07) is 7.34. The van der Waals surface area contributed by atoms with Crippen LogP contribution in [0.2, 0.25) is 0 Å². The molecule has 1 aliphatic heterocycles. The normalized spacial score (nSPS) is 26.6. The number of rotatable bonds is 5. The third-order valence-corrected chi connectivity index (χ3v) is 6.67. The van der Waals surface area contributed by atoms with Crippen LogP contribution >= 0.6 is 11.8 Å². The molecule has 2 aliphatic rings. The van der Waals surface area contributed by atoms with Crippen LogP contribution in [0.15, 0.2) is 34.9 Å². The van der Waals surface area contributed by atoms with E-state index in [4.69, 9.17) is 22.0 Å². The van der Waals surface area contributed by atoms with Gasteiger partial charge in [0.05, 0.1) is 10.6 Å². The van der Waals surface area contributed by atoms with Gasteiger partial charge in [-0.25, -0.2) is 0 Å². The lowest BCUT2D eigenvalue weighted by Crippen LogP contribution is -2.27. The Morgan fingerprint density at radius 3 is 2.40 bits per heavy atom. The standard InChI is InChI=1S/C19H25N3O2S/c20-14-7-5-13(6-8-14)17(21)19-18(22)15(10-25-19)12-3-1-11(2-4-12)9-16(23)24/h5-8,11-12,15,21H,1-4,9-10,20,22H2,(H,23,24). The molecule has 1 saturated carbocycles. The summed E-state index contributed by atoms with van der Waals surface area (Å²) in [5.74, 6) is 1.35. The van der Waals surface area contributed by atoms with E-state index in [0.717, 1.165) is 47.6 Å². The van der Waals surface area contributed by atoms with E-state index < -0.39 is 5.97 Å². The first-order chi connectivity index (χ1) is 12.0. The highest BCUT2D eigenvalue weighted by molar-refractivity contribution is 8.04. The lowest BCUT2D eigenvalue weighted by molar-refractivity contribution is -0.138. The van der Waals surface area contributed by atoms with Gasteiger partial charge >= 0.3 is 5.97 Å². The zero-order valence-corrected chi connectivity index (χ0v) is 15.0. The molecule has 134 valence electrons. The zero-order valence-electron chi connectivity index (χ0n) is 14.2. The Morgan fingerprint density at radius 2 is 1.80 bits per heavy atom. The number of thioether (sulfide) groups is 1. The molecule has 0 radical (unpaired) electrons. The van der Waals surface area contributed by atoms with Crippen LogP contribution in [0.1, 0.15) is 37.7 Å². The van der Waals surface area contributed by atoms with Crippen molar-refractivity contribution in [3.05, 3.63) is 40.4 Å². The molecule has 1 fully saturated rings. The van der Waals surface area contributed by atoms with Gasteiger partial charge in [0.1, 0.15) is 0 Å². The van der Waals surface area contributed by atoms with E-state index in [2.05, 4.69) is 0 Å². The first-order valence-corrected chi connectivity index (χ1v) is 9.73. The smallest absolute Gasteiger partial charge is 0.303 e.